The maximum atomic E-state index is 11.2. The van der Waals surface area contributed by atoms with E-state index in [1.54, 1.807) is 20.0 Å². The molecule has 0 fully saturated rings. The number of carbonyl (C=O) groups is 1. The Balaban J connectivity index is 1.57. The van der Waals surface area contributed by atoms with Crippen LogP contribution in [0.2, 0.25) is 5.02 Å². The number of thioether (sulfide) groups is 1. The third-order valence-electron chi connectivity index (χ3n) is 4.19. The van der Waals surface area contributed by atoms with Gasteiger partial charge in [-0.25, -0.2) is 9.97 Å². The van der Waals surface area contributed by atoms with Crippen molar-refractivity contribution in [3.05, 3.63) is 58.2 Å². The Kier molecular flexibility index (Phi) is 6.82. The summed E-state index contributed by atoms with van der Waals surface area (Å²) in [7, 11) is 0. The van der Waals surface area contributed by atoms with Gasteiger partial charge >= 0.3 is 5.97 Å². The zero-order chi connectivity index (χ0) is 21.0. The van der Waals surface area contributed by atoms with Gasteiger partial charge in [-0.15, -0.1) is 11.3 Å². The molecule has 8 heteroatoms. The summed E-state index contributed by atoms with van der Waals surface area (Å²) in [5, 5.41) is 11.9. The number of hydrogen-bond acceptors (Lipinski definition) is 6. The van der Waals surface area contributed by atoms with Gasteiger partial charge in [0, 0.05) is 34.1 Å². The van der Waals surface area contributed by atoms with Crippen molar-refractivity contribution < 1.29 is 14.6 Å². The normalized spacial score (nSPS) is 11.4. The highest BCUT2D eigenvalue weighted by Gasteiger charge is 2.29. The highest BCUT2D eigenvalue weighted by atomic mass is 35.5. The molecule has 2 aromatic heterocycles. The summed E-state index contributed by atoms with van der Waals surface area (Å²) in [6, 6.07) is 9.67. The summed E-state index contributed by atoms with van der Waals surface area (Å²) in [5.74, 6) is -0.259. The van der Waals surface area contributed by atoms with E-state index >= 15 is 0 Å². The van der Waals surface area contributed by atoms with Gasteiger partial charge in [0.1, 0.15) is 4.75 Å². The van der Waals surface area contributed by atoms with E-state index in [2.05, 4.69) is 9.97 Å². The molecule has 0 aliphatic carbocycles. The second-order valence-corrected chi connectivity index (χ2v) is 10.1. The van der Waals surface area contributed by atoms with Crippen LogP contribution in [0.5, 0.6) is 5.88 Å². The molecule has 0 spiro atoms. The maximum Gasteiger partial charge on any atom is 0.319 e. The number of nitrogens with zero attached hydrogens (tertiary/aromatic N) is 2. The fourth-order valence-corrected chi connectivity index (χ4v) is 4.83. The van der Waals surface area contributed by atoms with Crippen LogP contribution in [0.25, 0.3) is 11.1 Å². The quantitative estimate of drug-likeness (QED) is 0.443. The van der Waals surface area contributed by atoms with Crippen LogP contribution in [0.4, 0.5) is 0 Å². The van der Waals surface area contributed by atoms with E-state index < -0.39 is 10.7 Å². The molecule has 152 valence electrons. The molecule has 0 aliphatic heterocycles. The molecule has 0 radical (unpaired) electrons. The summed E-state index contributed by atoms with van der Waals surface area (Å²) < 4.78 is 5.67. The molecule has 2 heterocycles. The van der Waals surface area contributed by atoms with E-state index in [1.165, 1.54) is 23.1 Å². The van der Waals surface area contributed by atoms with Gasteiger partial charge in [-0.3, -0.25) is 4.79 Å². The summed E-state index contributed by atoms with van der Waals surface area (Å²) in [4.78, 5) is 20.2. The summed E-state index contributed by atoms with van der Waals surface area (Å²) >= 11 is 8.65. The molecule has 0 atom stereocenters. The van der Waals surface area contributed by atoms with Gasteiger partial charge in [0.05, 0.1) is 12.3 Å². The number of ether oxygens (including phenoxy) is 1. The highest BCUT2D eigenvalue weighted by molar-refractivity contribution is 8.02. The number of aromatic nitrogens is 2. The number of aliphatic carboxylic acids is 1. The topological polar surface area (TPSA) is 72.3 Å². The van der Waals surface area contributed by atoms with Crippen LogP contribution in [0.15, 0.2) is 46.2 Å². The molecular formula is C21H21ClN2O3S2. The first kappa shape index (κ1) is 21.6. The summed E-state index contributed by atoms with van der Waals surface area (Å²) in [6.45, 7) is 5.76. The van der Waals surface area contributed by atoms with Crippen molar-refractivity contribution in [3.63, 3.8) is 0 Å². The minimum Gasteiger partial charge on any atom is -0.480 e. The zero-order valence-corrected chi connectivity index (χ0v) is 18.7. The maximum absolute atomic E-state index is 11.2. The third kappa shape index (κ3) is 5.72. The summed E-state index contributed by atoms with van der Waals surface area (Å²) in [5.41, 5.74) is 3.89. The van der Waals surface area contributed by atoms with Crippen LogP contribution < -0.4 is 4.74 Å². The first-order valence-corrected chi connectivity index (χ1v) is 11.0. The fraction of sp³-hybridized carbons (Fsp3) is 0.286. The lowest BCUT2D eigenvalue weighted by molar-refractivity contribution is -0.138. The van der Waals surface area contributed by atoms with Gasteiger partial charge < -0.3 is 9.84 Å². The molecule has 0 aliphatic rings. The van der Waals surface area contributed by atoms with Crippen LogP contribution in [-0.4, -0.2) is 32.4 Å². The molecule has 1 N–H and O–H groups in total. The largest absolute Gasteiger partial charge is 0.480 e. The van der Waals surface area contributed by atoms with E-state index in [0.29, 0.717) is 23.9 Å². The Morgan fingerprint density at radius 1 is 1.28 bits per heavy atom. The Morgan fingerprint density at radius 2 is 2.00 bits per heavy atom. The lowest BCUT2D eigenvalue weighted by Crippen LogP contribution is -2.26. The van der Waals surface area contributed by atoms with E-state index in [4.69, 9.17) is 16.3 Å². The van der Waals surface area contributed by atoms with Crippen molar-refractivity contribution in [2.75, 3.05) is 6.61 Å². The molecule has 3 aromatic rings. The third-order valence-corrected chi connectivity index (χ3v) is 6.62. The van der Waals surface area contributed by atoms with Gasteiger partial charge in [-0.2, -0.15) is 0 Å². The molecular weight excluding hydrogens is 428 g/mol. The second-order valence-electron chi connectivity index (χ2n) is 6.97. The fourth-order valence-electron chi connectivity index (χ4n) is 2.48. The Morgan fingerprint density at radius 3 is 2.66 bits per heavy atom. The van der Waals surface area contributed by atoms with Gasteiger partial charge in [0.2, 0.25) is 5.88 Å². The van der Waals surface area contributed by atoms with Crippen molar-refractivity contribution in [1.29, 1.82) is 0 Å². The van der Waals surface area contributed by atoms with Crippen LogP contribution in [0, 0.1) is 6.92 Å². The van der Waals surface area contributed by atoms with E-state index in [1.807, 2.05) is 42.6 Å². The molecule has 0 bridgehead atoms. The Bertz CT molecular complexity index is 1000. The predicted octanol–water partition coefficient (Wildman–Crippen LogP) is 5.74. The van der Waals surface area contributed by atoms with E-state index in [9.17, 15) is 9.90 Å². The SMILES string of the molecule is Cc1cc(-c2ccc(Cl)cc2)cnc1OCCc1csc(SC(C)(C)C(=O)O)n1. The molecule has 0 amide bonds. The standard InChI is InChI=1S/C21H21ClN2O3S2/c1-13-10-15(14-4-6-16(22)7-5-14)11-23-18(13)27-9-8-17-12-28-20(24-17)29-21(2,3)19(25)26/h4-7,10-12H,8-9H2,1-3H3,(H,25,26). The van der Waals surface area contributed by atoms with Crippen LogP contribution in [-0.2, 0) is 11.2 Å². The number of pyridine rings is 1. The predicted molar refractivity (Wildman–Crippen MR) is 118 cm³/mol. The number of benzene rings is 1. The van der Waals surface area contributed by atoms with Crippen LogP contribution >= 0.6 is 34.7 Å². The van der Waals surface area contributed by atoms with Crippen molar-refractivity contribution in [2.45, 2.75) is 36.3 Å². The number of carboxylic acid groups (broad SMARTS) is 1. The van der Waals surface area contributed by atoms with Gasteiger partial charge in [0.15, 0.2) is 4.34 Å². The Labute approximate surface area is 183 Å². The summed E-state index contributed by atoms with van der Waals surface area (Å²) in [6.07, 6.45) is 2.42. The van der Waals surface area contributed by atoms with Crippen molar-refractivity contribution in [1.82, 2.24) is 9.97 Å². The molecule has 0 unspecified atom stereocenters. The lowest BCUT2D eigenvalue weighted by Gasteiger charge is -2.15. The van der Waals surface area contributed by atoms with Gasteiger partial charge in [0.25, 0.3) is 0 Å². The number of aryl methyl sites for hydroxylation is 1. The molecule has 5 nitrogen and oxygen atoms in total. The van der Waals surface area contributed by atoms with Gasteiger partial charge in [-0.05, 0) is 44.5 Å². The highest BCUT2D eigenvalue weighted by Crippen LogP contribution is 2.34. The van der Waals surface area contributed by atoms with E-state index in [0.717, 1.165) is 26.7 Å². The molecule has 0 saturated heterocycles. The van der Waals surface area contributed by atoms with Crippen LogP contribution in [0.1, 0.15) is 25.1 Å². The lowest BCUT2D eigenvalue weighted by atomic mass is 10.1. The minimum atomic E-state index is -0.904. The van der Waals surface area contributed by atoms with Crippen molar-refractivity contribution in [2.24, 2.45) is 0 Å². The van der Waals surface area contributed by atoms with Crippen molar-refractivity contribution in [3.8, 4) is 17.0 Å². The minimum absolute atomic E-state index is 0.449. The smallest absolute Gasteiger partial charge is 0.319 e. The average molecular weight is 449 g/mol. The number of halogens is 1. The molecule has 0 saturated carbocycles. The zero-order valence-electron chi connectivity index (χ0n) is 16.3. The van der Waals surface area contributed by atoms with Crippen molar-refractivity contribution >= 4 is 40.7 Å². The molecule has 29 heavy (non-hydrogen) atoms. The molecule has 3 rings (SSSR count). The first-order chi connectivity index (χ1) is 13.7. The first-order valence-electron chi connectivity index (χ1n) is 8.97. The monoisotopic (exact) mass is 448 g/mol. The number of carboxylic acids is 1. The second kappa shape index (κ2) is 9.15. The van der Waals surface area contributed by atoms with E-state index in [-0.39, 0.29) is 0 Å². The van der Waals surface area contributed by atoms with Crippen LogP contribution in [0.3, 0.4) is 0 Å². The number of thiazole rings is 1. The Hall–Kier alpha value is -2.09. The number of hydrogen-bond donors (Lipinski definition) is 1. The van der Waals surface area contributed by atoms with Gasteiger partial charge in [-0.1, -0.05) is 35.5 Å². The average Bonchev–Trinajstić information content (AvgIpc) is 3.10. The number of rotatable bonds is 8. The molecule has 1 aromatic carbocycles.